The van der Waals surface area contributed by atoms with Crippen LogP contribution in [0.25, 0.3) is 0 Å². The Balaban J connectivity index is 2.47. The molecule has 0 amide bonds. The molecule has 12 heteroatoms. The third-order valence-electron chi connectivity index (χ3n) is 4.29. The van der Waals surface area contributed by atoms with E-state index in [2.05, 4.69) is 5.16 Å². The summed E-state index contributed by atoms with van der Waals surface area (Å²) >= 11 is 0.887. The molecule has 1 aromatic rings. The number of carbonyl (C=O) groups is 4. The molecule has 180 valence electrons. The SMILES string of the molecule is CC(=O)OC[C@H]1O[C@H](S/C(=N\O)c2ccccc2)[C@H](OC(C)=O)[C@@H](OC(C)=O)[C@@H]1OC(C)=O. The molecule has 0 unspecified atom stereocenters. The van der Waals surface area contributed by atoms with E-state index in [1.54, 1.807) is 30.3 Å². The molecule has 0 radical (unpaired) electrons. The van der Waals surface area contributed by atoms with Crippen LogP contribution < -0.4 is 0 Å². The van der Waals surface area contributed by atoms with Gasteiger partial charge in [-0.15, -0.1) is 0 Å². The predicted octanol–water partition coefficient (Wildman–Crippen LogP) is 1.64. The second kappa shape index (κ2) is 12.2. The summed E-state index contributed by atoms with van der Waals surface area (Å²) in [5, 5.41) is 13.0. The average Bonchev–Trinajstić information content (AvgIpc) is 2.74. The van der Waals surface area contributed by atoms with Gasteiger partial charge in [-0.1, -0.05) is 47.2 Å². The van der Waals surface area contributed by atoms with Crippen LogP contribution in [0.2, 0.25) is 0 Å². The minimum atomic E-state index is -1.29. The molecule has 1 aliphatic rings. The Labute approximate surface area is 194 Å². The quantitative estimate of drug-likeness (QED) is 0.151. The Kier molecular flexibility index (Phi) is 9.67. The Bertz CT molecular complexity index is 890. The lowest BCUT2D eigenvalue weighted by atomic mass is 9.99. The normalized spacial score (nSPS) is 25.0. The van der Waals surface area contributed by atoms with Crippen molar-refractivity contribution in [2.75, 3.05) is 6.61 Å². The summed E-state index contributed by atoms with van der Waals surface area (Å²) in [6, 6.07) is 8.61. The summed E-state index contributed by atoms with van der Waals surface area (Å²) in [6.45, 7) is 4.27. The van der Waals surface area contributed by atoms with Crippen molar-refractivity contribution in [2.24, 2.45) is 5.16 Å². The topological polar surface area (TPSA) is 147 Å². The van der Waals surface area contributed by atoms with Crippen LogP contribution in [0.15, 0.2) is 35.5 Å². The minimum Gasteiger partial charge on any atom is -0.463 e. The third-order valence-corrected chi connectivity index (χ3v) is 5.44. The third kappa shape index (κ3) is 7.75. The fourth-order valence-electron chi connectivity index (χ4n) is 3.12. The van der Waals surface area contributed by atoms with Crippen LogP contribution in [0.3, 0.4) is 0 Å². The maximum atomic E-state index is 11.9. The Morgan fingerprint density at radius 1 is 0.879 bits per heavy atom. The van der Waals surface area contributed by atoms with Gasteiger partial charge in [-0.05, 0) is 0 Å². The number of hydrogen-bond donors (Lipinski definition) is 1. The van der Waals surface area contributed by atoms with Gasteiger partial charge in [0.05, 0.1) is 0 Å². The van der Waals surface area contributed by atoms with E-state index in [4.69, 9.17) is 23.7 Å². The number of esters is 4. The van der Waals surface area contributed by atoms with Crippen molar-refractivity contribution in [3.05, 3.63) is 35.9 Å². The van der Waals surface area contributed by atoms with Gasteiger partial charge in [0, 0.05) is 33.3 Å². The van der Waals surface area contributed by atoms with E-state index in [-0.39, 0.29) is 11.7 Å². The molecule has 2 rings (SSSR count). The lowest BCUT2D eigenvalue weighted by molar-refractivity contribution is -0.237. The summed E-state index contributed by atoms with van der Waals surface area (Å²) in [7, 11) is 0. The zero-order chi connectivity index (χ0) is 24.5. The molecule has 1 aliphatic heterocycles. The number of thioether (sulfide) groups is 1. The largest absolute Gasteiger partial charge is 0.463 e. The van der Waals surface area contributed by atoms with Crippen LogP contribution in [0, 0.1) is 0 Å². The molecule has 0 aliphatic carbocycles. The molecule has 11 nitrogen and oxygen atoms in total. The number of hydrogen-bond acceptors (Lipinski definition) is 12. The molecule has 0 bridgehead atoms. The lowest BCUT2D eigenvalue weighted by Gasteiger charge is -2.44. The van der Waals surface area contributed by atoms with E-state index in [1.807, 2.05) is 0 Å². The number of oxime groups is 1. The maximum Gasteiger partial charge on any atom is 0.303 e. The van der Waals surface area contributed by atoms with Crippen molar-refractivity contribution < 1.29 is 48.1 Å². The van der Waals surface area contributed by atoms with E-state index < -0.39 is 53.7 Å². The smallest absolute Gasteiger partial charge is 0.303 e. The second-order valence-corrected chi connectivity index (χ2v) is 8.04. The van der Waals surface area contributed by atoms with Crippen LogP contribution in [0.4, 0.5) is 0 Å². The molecule has 1 fully saturated rings. The van der Waals surface area contributed by atoms with Gasteiger partial charge < -0.3 is 28.9 Å². The van der Waals surface area contributed by atoms with Gasteiger partial charge in [-0.3, -0.25) is 19.2 Å². The van der Waals surface area contributed by atoms with E-state index >= 15 is 0 Å². The molecule has 1 N–H and O–H groups in total. The molecule has 0 spiro atoms. The monoisotopic (exact) mass is 483 g/mol. The van der Waals surface area contributed by atoms with Crippen molar-refractivity contribution >= 4 is 40.7 Å². The van der Waals surface area contributed by atoms with Crippen LogP contribution in [0.1, 0.15) is 33.3 Å². The highest BCUT2D eigenvalue weighted by Crippen LogP contribution is 2.36. The van der Waals surface area contributed by atoms with Gasteiger partial charge in [0.2, 0.25) is 0 Å². The van der Waals surface area contributed by atoms with Crippen molar-refractivity contribution in [1.29, 1.82) is 0 Å². The van der Waals surface area contributed by atoms with Crippen LogP contribution in [-0.2, 0) is 42.9 Å². The van der Waals surface area contributed by atoms with Crippen molar-refractivity contribution in [3.63, 3.8) is 0 Å². The fourth-order valence-corrected chi connectivity index (χ4v) is 4.21. The maximum absolute atomic E-state index is 11.9. The minimum absolute atomic E-state index is 0.122. The first-order valence-electron chi connectivity index (χ1n) is 9.87. The molecule has 1 heterocycles. The Morgan fingerprint density at radius 3 is 1.94 bits per heavy atom. The zero-order valence-corrected chi connectivity index (χ0v) is 19.3. The van der Waals surface area contributed by atoms with Crippen molar-refractivity contribution in [1.82, 2.24) is 0 Å². The molecule has 5 atom stereocenters. The molecule has 1 saturated heterocycles. The Morgan fingerprint density at radius 2 is 1.42 bits per heavy atom. The highest BCUT2D eigenvalue weighted by Gasteiger charge is 2.52. The van der Waals surface area contributed by atoms with Gasteiger partial charge in [0.15, 0.2) is 23.7 Å². The number of benzene rings is 1. The first-order valence-corrected chi connectivity index (χ1v) is 10.7. The summed E-state index contributed by atoms with van der Waals surface area (Å²) in [4.78, 5) is 46.8. The average molecular weight is 483 g/mol. The summed E-state index contributed by atoms with van der Waals surface area (Å²) in [5.74, 6) is -2.78. The standard InChI is InChI=1S/C21H25NO10S/c1-11(23)28-10-16-17(29-12(2)24)18(30-13(3)25)19(31-14(4)26)21(32-16)33-20(22-27)15-8-6-5-7-9-15/h5-9,16-19,21,27H,10H2,1-4H3/b22-20-/t16-,17-,18+,19-,21-/m1/s1. The number of nitrogens with zero attached hydrogens (tertiary/aromatic N) is 1. The van der Waals surface area contributed by atoms with E-state index in [0.29, 0.717) is 5.56 Å². The highest BCUT2D eigenvalue weighted by atomic mass is 32.2. The predicted molar refractivity (Wildman–Crippen MR) is 114 cm³/mol. The highest BCUT2D eigenvalue weighted by molar-refractivity contribution is 8.14. The fraction of sp³-hybridized carbons (Fsp3) is 0.476. The molecule has 1 aromatic carbocycles. The van der Waals surface area contributed by atoms with Crippen LogP contribution in [-0.4, -0.2) is 70.6 Å². The first-order chi connectivity index (χ1) is 15.6. The number of ether oxygens (including phenoxy) is 5. The lowest BCUT2D eigenvalue weighted by Crippen LogP contribution is -2.61. The molecule has 33 heavy (non-hydrogen) atoms. The Hall–Kier alpha value is -3.12. The molecular formula is C21H25NO10S. The van der Waals surface area contributed by atoms with Gasteiger partial charge in [0.25, 0.3) is 0 Å². The molecule has 0 aromatic heterocycles. The van der Waals surface area contributed by atoms with E-state index in [0.717, 1.165) is 32.5 Å². The summed E-state index contributed by atoms with van der Waals surface area (Å²) < 4.78 is 27.1. The molecular weight excluding hydrogens is 458 g/mol. The summed E-state index contributed by atoms with van der Waals surface area (Å²) in [6.07, 6.45) is -4.88. The van der Waals surface area contributed by atoms with E-state index in [9.17, 15) is 24.4 Å². The number of carbonyl (C=O) groups excluding carboxylic acids is 4. The number of rotatable bonds is 7. The first kappa shape index (κ1) is 26.1. The van der Waals surface area contributed by atoms with Crippen LogP contribution >= 0.6 is 11.8 Å². The van der Waals surface area contributed by atoms with Gasteiger partial charge >= 0.3 is 23.9 Å². The van der Waals surface area contributed by atoms with Gasteiger partial charge in [0.1, 0.15) is 17.8 Å². The van der Waals surface area contributed by atoms with Crippen molar-refractivity contribution in [2.45, 2.75) is 57.5 Å². The van der Waals surface area contributed by atoms with Crippen molar-refractivity contribution in [3.8, 4) is 0 Å². The van der Waals surface area contributed by atoms with Gasteiger partial charge in [-0.25, -0.2) is 0 Å². The second-order valence-electron chi connectivity index (χ2n) is 6.96. The van der Waals surface area contributed by atoms with Gasteiger partial charge in [-0.2, -0.15) is 0 Å². The van der Waals surface area contributed by atoms with Crippen LogP contribution in [0.5, 0.6) is 0 Å². The molecule has 0 saturated carbocycles. The summed E-state index contributed by atoms with van der Waals surface area (Å²) in [5.41, 5.74) is -0.547. The van der Waals surface area contributed by atoms with E-state index in [1.165, 1.54) is 6.92 Å². The zero-order valence-electron chi connectivity index (χ0n) is 18.5.